The van der Waals surface area contributed by atoms with Gasteiger partial charge in [-0.2, -0.15) is 5.10 Å². The maximum atomic E-state index is 4.23. The number of rotatable bonds is 2. The van der Waals surface area contributed by atoms with Crippen molar-refractivity contribution in [3.63, 3.8) is 0 Å². The van der Waals surface area contributed by atoms with Gasteiger partial charge in [0.25, 0.3) is 0 Å². The molecule has 2 atom stereocenters. The van der Waals surface area contributed by atoms with Crippen LogP contribution in [0.5, 0.6) is 0 Å². The Kier molecular flexibility index (Phi) is 3.84. The quantitative estimate of drug-likeness (QED) is 0.596. The summed E-state index contributed by atoms with van der Waals surface area (Å²) in [5.41, 5.74) is 1.38. The first-order chi connectivity index (χ1) is 7.25. The lowest BCUT2D eigenvalue weighted by molar-refractivity contribution is 0.475. The average molecular weight is 271 g/mol. The normalized spacial score (nSPS) is 27.6. The first-order valence-corrected chi connectivity index (χ1v) is 6.79. The van der Waals surface area contributed by atoms with Crippen molar-refractivity contribution < 1.29 is 0 Å². The molecule has 1 aliphatic rings. The van der Waals surface area contributed by atoms with E-state index in [0.717, 1.165) is 5.92 Å². The first-order valence-electron chi connectivity index (χ1n) is 5.87. The van der Waals surface area contributed by atoms with Gasteiger partial charge in [0.1, 0.15) is 0 Å². The molecule has 2 nitrogen and oxygen atoms in total. The van der Waals surface area contributed by atoms with Crippen molar-refractivity contribution in [1.82, 2.24) is 9.78 Å². The van der Waals surface area contributed by atoms with E-state index in [1.54, 1.807) is 0 Å². The fourth-order valence-electron chi connectivity index (χ4n) is 2.45. The zero-order chi connectivity index (χ0) is 10.7. The van der Waals surface area contributed by atoms with Crippen LogP contribution in [0.2, 0.25) is 0 Å². The maximum absolute atomic E-state index is 4.23. The van der Waals surface area contributed by atoms with Crippen LogP contribution in [0.3, 0.4) is 0 Å². The molecular weight excluding hydrogens is 252 g/mol. The van der Waals surface area contributed by atoms with Crippen molar-refractivity contribution in [3.05, 3.63) is 18.0 Å². The van der Waals surface area contributed by atoms with Gasteiger partial charge in [-0.15, -0.1) is 0 Å². The molecule has 0 saturated heterocycles. The van der Waals surface area contributed by atoms with Gasteiger partial charge in [-0.3, -0.25) is 4.68 Å². The van der Waals surface area contributed by atoms with Gasteiger partial charge in [0.2, 0.25) is 0 Å². The molecule has 0 aliphatic heterocycles. The molecule has 1 saturated carbocycles. The Labute approximate surface area is 100 Å². The lowest BCUT2D eigenvalue weighted by Gasteiger charge is -2.18. The highest BCUT2D eigenvalue weighted by Gasteiger charge is 2.21. The zero-order valence-electron chi connectivity index (χ0n) is 9.32. The van der Waals surface area contributed by atoms with Gasteiger partial charge in [0.05, 0.1) is 6.20 Å². The molecule has 1 heterocycles. The molecule has 2 unspecified atom stereocenters. The van der Waals surface area contributed by atoms with Crippen LogP contribution in [0.1, 0.15) is 37.7 Å². The summed E-state index contributed by atoms with van der Waals surface area (Å²) in [7, 11) is 1.99. The minimum Gasteiger partial charge on any atom is -0.276 e. The summed E-state index contributed by atoms with van der Waals surface area (Å²) in [6.45, 7) is 0. The van der Waals surface area contributed by atoms with Crippen LogP contribution in [-0.2, 0) is 13.5 Å². The van der Waals surface area contributed by atoms with E-state index in [-0.39, 0.29) is 0 Å². The molecule has 0 bridgehead atoms. The summed E-state index contributed by atoms with van der Waals surface area (Å²) in [6.07, 6.45) is 12.2. The molecule has 2 rings (SSSR count). The summed E-state index contributed by atoms with van der Waals surface area (Å²) in [6, 6.07) is 0. The predicted octanol–water partition coefficient (Wildman–Crippen LogP) is 3.31. The van der Waals surface area contributed by atoms with Crippen molar-refractivity contribution in [2.24, 2.45) is 13.0 Å². The van der Waals surface area contributed by atoms with Gasteiger partial charge in [-0.1, -0.05) is 35.2 Å². The molecule has 1 fully saturated rings. The van der Waals surface area contributed by atoms with Gasteiger partial charge in [-0.25, -0.2) is 0 Å². The molecule has 0 amide bonds. The van der Waals surface area contributed by atoms with Crippen molar-refractivity contribution in [2.75, 3.05) is 0 Å². The first kappa shape index (κ1) is 11.2. The summed E-state index contributed by atoms with van der Waals surface area (Å²) >= 11 is 3.84. The minimum atomic E-state index is 0.709. The van der Waals surface area contributed by atoms with Gasteiger partial charge in [0, 0.05) is 18.1 Å². The molecule has 0 aromatic carbocycles. The highest BCUT2D eigenvalue weighted by molar-refractivity contribution is 9.09. The Bertz CT molecular complexity index is 308. The van der Waals surface area contributed by atoms with Crippen molar-refractivity contribution in [1.29, 1.82) is 0 Å². The fourth-order valence-corrected chi connectivity index (χ4v) is 3.22. The van der Waals surface area contributed by atoms with Crippen LogP contribution in [-0.4, -0.2) is 14.6 Å². The Hall–Kier alpha value is -0.310. The van der Waals surface area contributed by atoms with Crippen molar-refractivity contribution >= 4 is 15.9 Å². The molecule has 0 N–H and O–H groups in total. The van der Waals surface area contributed by atoms with E-state index in [2.05, 4.69) is 27.2 Å². The third kappa shape index (κ3) is 3.07. The van der Waals surface area contributed by atoms with E-state index in [1.165, 1.54) is 44.1 Å². The summed E-state index contributed by atoms with van der Waals surface area (Å²) in [5.74, 6) is 0.802. The summed E-state index contributed by atoms with van der Waals surface area (Å²) < 4.78 is 1.90. The van der Waals surface area contributed by atoms with E-state index in [1.807, 2.05) is 17.9 Å². The topological polar surface area (TPSA) is 17.8 Å². The Morgan fingerprint density at radius 1 is 1.40 bits per heavy atom. The molecule has 0 spiro atoms. The van der Waals surface area contributed by atoms with Crippen LogP contribution < -0.4 is 0 Å². The number of aryl methyl sites for hydroxylation is 1. The van der Waals surface area contributed by atoms with Gasteiger partial charge < -0.3 is 0 Å². The van der Waals surface area contributed by atoms with E-state index < -0.39 is 0 Å². The van der Waals surface area contributed by atoms with E-state index >= 15 is 0 Å². The summed E-state index contributed by atoms with van der Waals surface area (Å²) in [4.78, 5) is 0.709. The van der Waals surface area contributed by atoms with Crippen molar-refractivity contribution in [2.45, 2.75) is 43.4 Å². The standard InChI is InChI=1S/C12H19BrN2/c1-15-9-10(8-14-15)7-11-5-3-2-4-6-12(11)13/h8-9,11-12H,2-7H2,1H3. The molecule has 1 aromatic rings. The lowest BCUT2D eigenvalue weighted by atomic mass is 9.94. The predicted molar refractivity (Wildman–Crippen MR) is 66.2 cm³/mol. The number of halogens is 1. The monoisotopic (exact) mass is 270 g/mol. The van der Waals surface area contributed by atoms with Gasteiger partial charge >= 0.3 is 0 Å². The molecule has 0 radical (unpaired) electrons. The third-order valence-electron chi connectivity index (χ3n) is 3.32. The van der Waals surface area contributed by atoms with Gasteiger partial charge in [-0.05, 0) is 30.7 Å². The van der Waals surface area contributed by atoms with Gasteiger partial charge in [0.15, 0.2) is 0 Å². The zero-order valence-corrected chi connectivity index (χ0v) is 10.9. The van der Waals surface area contributed by atoms with Crippen LogP contribution in [0.4, 0.5) is 0 Å². The SMILES string of the molecule is Cn1cc(CC2CCCCCC2Br)cn1. The molecule has 84 valence electrons. The van der Waals surface area contributed by atoms with Crippen LogP contribution in [0.25, 0.3) is 0 Å². The number of hydrogen-bond donors (Lipinski definition) is 0. The second-order valence-corrected chi connectivity index (χ2v) is 5.82. The molecule has 1 aromatic heterocycles. The number of alkyl halides is 1. The molecule has 3 heteroatoms. The lowest BCUT2D eigenvalue weighted by Crippen LogP contribution is -2.15. The Morgan fingerprint density at radius 2 is 2.20 bits per heavy atom. The van der Waals surface area contributed by atoms with Crippen LogP contribution in [0, 0.1) is 5.92 Å². The second-order valence-electron chi connectivity index (χ2n) is 4.64. The average Bonchev–Trinajstić information content (AvgIpc) is 2.50. The fraction of sp³-hybridized carbons (Fsp3) is 0.750. The Morgan fingerprint density at radius 3 is 2.93 bits per heavy atom. The van der Waals surface area contributed by atoms with Crippen LogP contribution >= 0.6 is 15.9 Å². The van der Waals surface area contributed by atoms with Crippen LogP contribution in [0.15, 0.2) is 12.4 Å². The molecule has 1 aliphatic carbocycles. The molecule has 15 heavy (non-hydrogen) atoms. The minimum absolute atomic E-state index is 0.709. The van der Waals surface area contributed by atoms with E-state index in [9.17, 15) is 0 Å². The maximum Gasteiger partial charge on any atom is 0.0521 e. The largest absolute Gasteiger partial charge is 0.276 e. The number of nitrogens with zero attached hydrogens (tertiary/aromatic N) is 2. The highest BCUT2D eigenvalue weighted by Crippen LogP contribution is 2.31. The molecular formula is C12H19BrN2. The van der Waals surface area contributed by atoms with E-state index in [0.29, 0.717) is 4.83 Å². The smallest absolute Gasteiger partial charge is 0.0521 e. The highest BCUT2D eigenvalue weighted by atomic mass is 79.9. The van der Waals surface area contributed by atoms with E-state index in [4.69, 9.17) is 0 Å². The Balaban J connectivity index is 1.97. The second kappa shape index (κ2) is 5.15. The third-order valence-corrected chi connectivity index (χ3v) is 4.53. The van der Waals surface area contributed by atoms with Crippen molar-refractivity contribution in [3.8, 4) is 0 Å². The summed E-state index contributed by atoms with van der Waals surface area (Å²) in [5, 5.41) is 4.23. The number of hydrogen-bond acceptors (Lipinski definition) is 1. The number of aromatic nitrogens is 2.